The van der Waals surface area contributed by atoms with E-state index in [-0.39, 0.29) is 23.3 Å². The number of para-hydroxylation sites is 1. The van der Waals surface area contributed by atoms with E-state index in [0.717, 1.165) is 11.1 Å². The maximum absolute atomic E-state index is 14.0. The van der Waals surface area contributed by atoms with Crippen LogP contribution in [0, 0.1) is 16.0 Å². The maximum Gasteiger partial charge on any atom is 0.269 e. The SMILES string of the molecule is CN1C[C@H](c2ccc([N+](=O)[O-])cc2)[C@H](C(=O)c2ccccc2)[C@]12C(=O)Nc1ccccc12. The molecule has 5 rings (SSSR count). The van der Waals surface area contributed by atoms with Gasteiger partial charge in [0.25, 0.3) is 5.69 Å². The Morgan fingerprint density at radius 3 is 2.38 bits per heavy atom. The fourth-order valence-corrected chi connectivity index (χ4v) is 5.32. The highest BCUT2D eigenvalue weighted by Gasteiger charge is 2.64. The van der Waals surface area contributed by atoms with Gasteiger partial charge in [-0.3, -0.25) is 24.6 Å². The minimum absolute atomic E-state index is 0.00953. The molecule has 0 saturated carbocycles. The van der Waals surface area contributed by atoms with Crippen molar-refractivity contribution in [2.24, 2.45) is 5.92 Å². The predicted molar refractivity (Wildman–Crippen MR) is 119 cm³/mol. The second-order valence-corrected chi connectivity index (χ2v) is 8.31. The van der Waals surface area contributed by atoms with Gasteiger partial charge in [0.15, 0.2) is 5.78 Å². The Morgan fingerprint density at radius 2 is 1.69 bits per heavy atom. The van der Waals surface area contributed by atoms with Crippen LogP contribution in [0.2, 0.25) is 0 Å². The Hall–Kier alpha value is -3.84. The van der Waals surface area contributed by atoms with Gasteiger partial charge in [-0.25, -0.2) is 0 Å². The Balaban J connectivity index is 1.70. The summed E-state index contributed by atoms with van der Waals surface area (Å²) in [5.74, 6) is -1.35. The smallest absolute Gasteiger partial charge is 0.269 e. The van der Waals surface area contributed by atoms with Gasteiger partial charge >= 0.3 is 0 Å². The number of nitro groups is 1. The lowest BCUT2D eigenvalue weighted by Crippen LogP contribution is -2.51. The molecule has 2 aliphatic heterocycles. The van der Waals surface area contributed by atoms with Gasteiger partial charge in [0.2, 0.25) is 5.91 Å². The number of Topliss-reactive ketones (excluding diaryl/α,β-unsaturated/α-hetero) is 1. The van der Waals surface area contributed by atoms with E-state index in [4.69, 9.17) is 0 Å². The summed E-state index contributed by atoms with van der Waals surface area (Å²) in [7, 11) is 1.86. The zero-order chi connectivity index (χ0) is 22.5. The molecule has 7 nitrogen and oxygen atoms in total. The summed E-state index contributed by atoms with van der Waals surface area (Å²) in [6.45, 7) is 0.461. The van der Waals surface area contributed by atoms with Crippen molar-refractivity contribution in [3.05, 3.63) is 106 Å². The number of ketones is 1. The van der Waals surface area contributed by atoms with Crippen LogP contribution in [0.3, 0.4) is 0 Å². The number of likely N-dealkylation sites (tertiary alicyclic amines) is 1. The summed E-state index contributed by atoms with van der Waals surface area (Å²) in [6.07, 6.45) is 0. The van der Waals surface area contributed by atoms with E-state index in [0.29, 0.717) is 17.8 Å². The van der Waals surface area contributed by atoms with Crippen LogP contribution in [0.5, 0.6) is 0 Å². The number of fused-ring (bicyclic) bond motifs is 2. The van der Waals surface area contributed by atoms with Gasteiger partial charge in [0.1, 0.15) is 5.54 Å². The number of hydrogen-bond donors (Lipinski definition) is 1. The van der Waals surface area contributed by atoms with Crippen LogP contribution in [0.25, 0.3) is 0 Å². The van der Waals surface area contributed by atoms with Crippen LogP contribution in [-0.4, -0.2) is 35.1 Å². The van der Waals surface area contributed by atoms with E-state index >= 15 is 0 Å². The molecule has 3 atom stereocenters. The molecular weight excluding hydrogens is 406 g/mol. The first-order valence-electron chi connectivity index (χ1n) is 10.4. The summed E-state index contributed by atoms with van der Waals surface area (Å²) in [5.41, 5.74) is 1.66. The molecule has 3 aromatic carbocycles. The van der Waals surface area contributed by atoms with Crippen LogP contribution in [0.4, 0.5) is 11.4 Å². The van der Waals surface area contributed by atoms with E-state index in [1.807, 2.05) is 54.4 Å². The second-order valence-electron chi connectivity index (χ2n) is 8.31. The average molecular weight is 427 g/mol. The molecule has 1 spiro atoms. The number of benzene rings is 3. The average Bonchev–Trinajstić information content (AvgIpc) is 3.29. The molecule has 0 unspecified atom stereocenters. The highest BCUT2D eigenvalue weighted by Crippen LogP contribution is 2.55. The molecule has 32 heavy (non-hydrogen) atoms. The number of likely N-dealkylation sites (N-methyl/N-ethyl adjacent to an activating group) is 1. The lowest BCUT2D eigenvalue weighted by Gasteiger charge is -2.35. The van der Waals surface area contributed by atoms with Crippen molar-refractivity contribution < 1.29 is 14.5 Å². The lowest BCUT2D eigenvalue weighted by atomic mass is 9.70. The minimum atomic E-state index is -1.16. The number of nitrogens with one attached hydrogen (secondary N) is 1. The van der Waals surface area contributed by atoms with Crippen molar-refractivity contribution in [2.75, 3.05) is 18.9 Å². The lowest BCUT2D eigenvalue weighted by molar-refractivity contribution is -0.384. The molecule has 0 radical (unpaired) electrons. The number of carbonyl (C=O) groups is 2. The molecule has 0 bridgehead atoms. The molecule has 160 valence electrons. The number of rotatable bonds is 4. The summed E-state index contributed by atoms with van der Waals surface area (Å²) in [6, 6.07) is 22.8. The number of nitrogens with zero attached hydrogens (tertiary/aromatic N) is 2. The first-order chi connectivity index (χ1) is 15.4. The normalized spacial score (nSPS) is 24.3. The molecule has 1 amide bonds. The maximum atomic E-state index is 14.0. The third-order valence-electron chi connectivity index (χ3n) is 6.73. The third-order valence-corrected chi connectivity index (χ3v) is 6.73. The zero-order valence-electron chi connectivity index (χ0n) is 17.4. The number of anilines is 1. The topological polar surface area (TPSA) is 92.5 Å². The third kappa shape index (κ3) is 2.78. The van der Waals surface area contributed by atoms with Crippen LogP contribution in [-0.2, 0) is 10.3 Å². The fourth-order valence-electron chi connectivity index (χ4n) is 5.32. The Labute approximate surface area is 184 Å². The van der Waals surface area contributed by atoms with Gasteiger partial charge in [-0.15, -0.1) is 0 Å². The van der Waals surface area contributed by atoms with E-state index in [1.165, 1.54) is 12.1 Å². The number of amides is 1. The van der Waals surface area contributed by atoms with Gasteiger partial charge < -0.3 is 5.32 Å². The fraction of sp³-hybridized carbons (Fsp3) is 0.200. The minimum Gasteiger partial charge on any atom is -0.324 e. The van der Waals surface area contributed by atoms with Crippen LogP contribution in [0.1, 0.15) is 27.4 Å². The van der Waals surface area contributed by atoms with Crippen molar-refractivity contribution in [3.8, 4) is 0 Å². The highest BCUT2D eigenvalue weighted by molar-refractivity contribution is 6.12. The monoisotopic (exact) mass is 427 g/mol. The van der Waals surface area contributed by atoms with E-state index in [1.54, 1.807) is 24.3 Å². The summed E-state index contributed by atoms with van der Waals surface area (Å²) < 4.78 is 0. The van der Waals surface area contributed by atoms with Crippen LogP contribution in [0.15, 0.2) is 78.9 Å². The first kappa shape index (κ1) is 20.1. The van der Waals surface area contributed by atoms with Gasteiger partial charge in [-0.2, -0.15) is 0 Å². The molecule has 1 saturated heterocycles. The Kier molecular flexibility index (Phi) is 4.64. The van der Waals surface area contributed by atoms with Crippen LogP contribution >= 0.6 is 0 Å². The van der Waals surface area contributed by atoms with Crippen LogP contribution < -0.4 is 5.32 Å². The Bertz CT molecular complexity index is 1230. The Morgan fingerprint density at radius 1 is 1.03 bits per heavy atom. The number of nitro benzene ring substituents is 1. The second kappa shape index (κ2) is 7.39. The van der Waals surface area contributed by atoms with Gasteiger partial charge in [-0.05, 0) is 18.7 Å². The van der Waals surface area contributed by atoms with Crippen molar-refractivity contribution >= 4 is 23.1 Å². The van der Waals surface area contributed by atoms with Crippen molar-refractivity contribution in [1.29, 1.82) is 0 Å². The molecular formula is C25H21N3O4. The quantitative estimate of drug-likeness (QED) is 0.386. The molecule has 0 aliphatic carbocycles. The van der Waals surface area contributed by atoms with Gasteiger partial charge in [0, 0.05) is 41.4 Å². The van der Waals surface area contributed by atoms with Crippen molar-refractivity contribution in [1.82, 2.24) is 4.90 Å². The van der Waals surface area contributed by atoms with E-state index < -0.39 is 16.4 Å². The number of non-ortho nitro benzene ring substituents is 1. The molecule has 1 N–H and O–H groups in total. The molecule has 2 heterocycles. The molecule has 1 fully saturated rings. The van der Waals surface area contributed by atoms with E-state index in [2.05, 4.69) is 5.32 Å². The van der Waals surface area contributed by atoms with Gasteiger partial charge in [0.05, 0.1) is 10.8 Å². The molecule has 3 aromatic rings. The number of carbonyl (C=O) groups excluding carboxylic acids is 2. The largest absolute Gasteiger partial charge is 0.324 e. The van der Waals surface area contributed by atoms with Crippen molar-refractivity contribution in [3.63, 3.8) is 0 Å². The summed E-state index contributed by atoms with van der Waals surface area (Å²) in [5, 5.41) is 14.1. The summed E-state index contributed by atoms with van der Waals surface area (Å²) >= 11 is 0. The zero-order valence-corrected chi connectivity index (χ0v) is 17.4. The standard InChI is InChI=1S/C25H21N3O4/c1-27-15-19(16-11-13-18(14-12-16)28(31)32)22(23(29)17-7-3-2-4-8-17)25(27)20-9-5-6-10-21(20)26-24(25)30/h2-14,19,22H,15H2,1H3,(H,26,30)/t19-,22-,25-/m1/s1. The highest BCUT2D eigenvalue weighted by atomic mass is 16.6. The number of hydrogen-bond acceptors (Lipinski definition) is 5. The molecule has 0 aromatic heterocycles. The van der Waals surface area contributed by atoms with E-state index in [9.17, 15) is 19.7 Å². The predicted octanol–water partition coefficient (Wildman–Crippen LogP) is 3.97. The summed E-state index contributed by atoms with van der Waals surface area (Å²) in [4.78, 5) is 40.1. The van der Waals surface area contributed by atoms with Gasteiger partial charge in [-0.1, -0.05) is 60.7 Å². The molecule has 2 aliphatic rings. The van der Waals surface area contributed by atoms with Crippen molar-refractivity contribution in [2.45, 2.75) is 11.5 Å². The molecule has 7 heteroatoms. The first-order valence-corrected chi connectivity index (χ1v) is 10.4.